The lowest BCUT2D eigenvalue weighted by molar-refractivity contribution is -0.124. The number of β-amino-alcohol motifs (C(OH)–C–C–N with tert-alkyl or cyclic N) is 1. The van der Waals surface area contributed by atoms with E-state index in [0.717, 1.165) is 44.5 Å². The summed E-state index contributed by atoms with van der Waals surface area (Å²) in [7, 11) is 0. The van der Waals surface area contributed by atoms with Gasteiger partial charge in [0.1, 0.15) is 30.8 Å². The minimum Gasteiger partial charge on any atom is -0.494 e. The van der Waals surface area contributed by atoms with Gasteiger partial charge >= 0.3 is 0 Å². The van der Waals surface area contributed by atoms with Gasteiger partial charge in [-0.2, -0.15) is 0 Å². The van der Waals surface area contributed by atoms with Crippen LogP contribution in [-0.2, 0) is 11.2 Å². The van der Waals surface area contributed by atoms with Gasteiger partial charge in [0.25, 0.3) is 0 Å². The molecule has 0 saturated carbocycles. The largest absolute Gasteiger partial charge is 0.494 e. The van der Waals surface area contributed by atoms with Gasteiger partial charge in [-0.3, -0.25) is 4.79 Å². The molecule has 1 aliphatic rings. The van der Waals surface area contributed by atoms with Gasteiger partial charge in [0.05, 0.1) is 6.61 Å². The minimum absolute atomic E-state index is 0.0957. The second kappa shape index (κ2) is 13.1. The van der Waals surface area contributed by atoms with Crippen LogP contribution in [0.15, 0.2) is 54.6 Å². The molecule has 1 unspecified atom stereocenters. The Balaban J connectivity index is 1.29. The number of nitrogens with zero attached hydrogens (tertiary/aromatic N) is 1. The van der Waals surface area contributed by atoms with E-state index in [9.17, 15) is 9.90 Å². The quantitative estimate of drug-likeness (QED) is 0.436. The fourth-order valence-electron chi connectivity index (χ4n) is 3.82. The SMILES string of the molecule is O=C(CO)NC1CCN(CC(O)COc2ccc(OCCCc3ccccc3)cc2)CC1. The zero-order valence-corrected chi connectivity index (χ0v) is 18.5. The number of amides is 1. The van der Waals surface area contributed by atoms with Crippen molar-refractivity contribution in [2.75, 3.05) is 39.5 Å². The first-order valence-corrected chi connectivity index (χ1v) is 11.3. The Morgan fingerprint density at radius 2 is 1.69 bits per heavy atom. The molecule has 0 aromatic heterocycles. The summed E-state index contributed by atoms with van der Waals surface area (Å²) in [6.07, 6.45) is 2.99. The molecular weight excluding hydrogens is 408 g/mol. The van der Waals surface area contributed by atoms with Gasteiger partial charge in [-0.25, -0.2) is 0 Å². The average Bonchev–Trinajstić information content (AvgIpc) is 2.83. The van der Waals surface area contributed by atoms with Crippen molar-refractivity contribution in [1.82, 2.24) is 10.2 Å². The summed E-state index contributed by atoms with van der Waals surface area (Å²) in [5.74, 6) is 1.17. The van der Waals surface area contributed by atoms with E-state index in [-0.39, 0.29) is 18.6 Å². The third kappa shape index (κ3) is 8.49. The number of hydrogen-bond acceptors (Lipinski definition) is 6. The van der Waals surface area contributed by atoms with Crippen molar-refractivity contribution in [3.8, 4) is 11.5 Å². The lowest BCUT2D eigenvalue weighted by Gasteiger charge is -2.33. The average molecular weight is 443 g/mol. The number of benzene rings is 2. The van der Waals surface area contributed by atoms with Gasteiger partial charge in [0.2, 0.25) is 5.91 Å². The molecule has 7 heteroatoms. The molecule has 1 fully saturated rings. The number of rotatable bonds is 12. The third-order valence-corrected chi connectivity index (χ3v) is 5.55. The summed E-state index contributed by atoms with van der Waals surface area (Å²) in [5, 5.41) is 21.9. The van der Waals surface area contributed by atoms with E-state index in [1.807, 2.05) is 30.3 Å². The molecule has 1 atom stereocenters. The Morgan fingerprint density at radius 1 is 1.03 bits per heavy atom. The van der Waals surface area contributed by atoms with Crippen molar-refractivity contribution < 1.29 is 24.5 Å². The van der Waals surface area contributed by atoms with Gasteiger partial charge in [-0.1, -0.05) is 30.3 Å². The smallest absolute Gasteiger partial charge is 0.245 e. The van der Waals surface area contributed by atoms with Crippen LogP contribution in [-0.4, -0.2) is 72.6 Å². The third-order valence-electron chi connectivity index (χ3n) is 5.55. The van der Waals surface area contributed by atoms with Crippen LogP contribution in [0.3, 0.4) is 0 Å². The highest BCUT2D eigenvalue weighted by atomic mass is 16.5. The molecule has 0 spiro atoms. The molecule has 0 radical (unpaired) electrons. The Labute approximate surface area is 190 Å². The number of likely N-dealkylation sites (tertiary alicyclic amines) is 1. The van der Waals surface area contributed by atoms with Gasteiger partial charge < -0.3 is 29.9 Å². The maximum atomic E-state index is 11.3. The monoisotopic (exact) mass is 442 g/mol. The first-order chi connectivity index (χ1) is 15.6. The van der Waals surface area contributed by atoms with Gasteiger partial charge in [-0.15, -0.1) is 0 Å². The number of aliphatic hydroxyl groups excluding tert-OH is 2. The molecule has 174 valence electrons. The normalized spacial score (nSPS) is 15.8. The lowest BCUT2D eigenvalue weighted by Crippen LogP contribution is -2.47. The number of piperidine rings is 1. The highest BCUT2D eigenvalue weighted by Crippen LogP contribution is 2.18. The van der Waals surface area contributed by atoms with Crippen LogP contribution in [0, 0.1) is 0 Å². The van der Waals surface area contributed by atoms with Crippen molar-refractivity contribution in [3.05, 3.63) is 60.2 Å². The van der Waals surface area contributed by atoms with Gasteiger partial charge in [0, 0.05) is 25.7 Å². The van der Waals surface area contributed by atoms with Gasteiger partial charge in [-0.05, 0) is 55.5 Å². The van der Waals surface area contributed by atoms with E-state index in [0.29, 0.717) is 18.9 Å². The number of hydrogen-bond donors (Lipinski definition) is 3. The minimum atomic E-state index is -0.590. The number of ether oxygens (including phenoxy) is 2. The topological polar surface area (TPSA) is 91.3 Å². The Morgan fingerprint density at radius 3 is 2.34 bits per heavy atom. The van der Waals surface area contributed by atoms with E-state index in [2.05, 4.69) is 34.5 Å². The Bertz CT molecular complexity index is 792. The van der Waals surface area contributed by atoms with Crippen LogP contribution >= 0.6 is 0 Å². The van der Waals surface area contributed by atoms with Crippen molar-refractivity contribution >= 4 is 5.91 Å². The predicted octanol–water partition coefficient (Wildman–Crippen LogP) is 2.01. The summed E-state index contributed by atoms with van der Waals surface area (Å²) >= 11 is 0. The maximum Gasteiger partial charge on any atom is 0.245 e. The summed E-state index contributed by atoms with van der Waals surface area (Å²) < 4.78 is 11.5. The number of aliphatic hydroxyl groups is 2. The highest BCUT2D eigenvalue weighted by molar-refractivity contribution is 5.77. The van der Waals surface area contributed by atoms with Crippen molar-refractivity contribution in [2.24, 2.45) is 0 Å². The molecule has 0 aliphatic carbocycles. The van der Waals surface area contributed by atoms with Crippen LogP contribution in [0.25, 0.3) is 0 Å². The van der Waals surface area contributed by atoms with Crippen LogP contribution in [0.5, 0.6) is 11.5 Å². The molecule has 1 aliphatic heterocycles. The molecular formula is C25H34N2O5. The molecule has 32 heavy (non-hydrogen) atoms. The zero-order valence-electron chi connectivity index (χ0n) is 18.5. The molecule has 3 rings (SSSR count). The summed E-state index contributed by atoms with van der Waals surface area (Å²) in [5.41, 5.74) is 1.32. The van der Waals surface area contributed by atoms with E-state index in [4.69, 9.17) is 14.6 Å². The van der Waals surface area contributed by atoms with Crippen molar-refractivity contribution in [1.29, 1.82) is 0 Å². The summed E-state index contributed by atoms with van der Waals surface area (Å²) in [6, 6.07) is 18.0. The number of carbonyl (C=O) groups is 1. The van der Waals surface area contributed by atoms with Crippen LogP contribution in [0.2, 0.25) is 0 Å². The molecule has 1 amide bonds. The van der Waals surface area contributed by atoms with Crippen molar-refractivity contribution in [3.63, 3.8) is 0 Å². The summed E-state index contributed by atoms with van der Waals surface area (Å²) in [6.45, 7) is 2.53. The summed E-state index contributed by atoms with van der Waals surface area (Å²) in [4.78, 5) is 13.4. The van der Waals surface area contributed by atoms with Crippen LogP contribution < -0.4 is 14.8 Å². The van der Waals surface area contributed by atoms with E-state index >= 15 is 0 Å². The van der Waals surface area contributed by atoms with Crippen LogP contribution in [0.1, 0.15) is 24.8 Å². The fraction of sp³-hybridized carbons (Fsp3) is 0.480. The molecule has 1 heterocycles. The first kappa shape index (κ1) is 24.0. The van der Waals surface area contributed by atoms with E-state index in [1.54, 1.807) is 0 Å². The Kier molecular flexibility index (Phi) is 9.81. The number of nitrogens with one attached hydrogen (secondary N) is 1. The lowest BCUT2D eigenvalue weighted by atomic mass is 10.0. The highest BCUT2D eigenvalue weighted by Gasteiger charge is 2.22. The predicted molar refractivity (Wildman–Crippen MR) is 123 cm³/mol. The fourth-order valence-corrected chi connectivity index (χ4v) is 3.82. The van der Waals surface area contributed by atoms with E-state index < -0.39 is 12.7 Å². The molecule has 0 bridgehead atoms. The molecule has 3 N–H and O–H groups in total. The maximum absolute atomic E-state index is 11.3. The van der Waals surface area contributed by atoms with Crippen molar-refractivity contribution in [2.45, 2.75) is 37.8 Å². The second-order valence-electron chi connectivity index (χ2n) is 8.17. The van der Waals surface area contributed by atoms with Gasteiger partial charge in [0.15, 0.2) is 0 Å². The Hall–Kier alpha value is -2.61. The standard InChI is InChI=1S/C25H34N2O5/c28-18-25(30)26-21-12-14-27(15-13-21)17-22(29)19-32-24-10-8-23(9-11-24)31-16-4-7-20-5-2-1-3-6-20/h1-3,5-6,8-11,21-22,28-29H,4,7,12-19H2,(H,26,30). The number of carbonyl (C=O) groups excluding carboxylic acids is 1. The molecule has 7 nitrogen and oxygen atoms in total. The molecule has 2 aromatic carbocycles. The molecule has 1 saturated heterocycles. The first-order valence-electron chi connectivity index (χ1n) is 11.3. The molecule has 2 aromatic rings. The van der Waals surface area contributed by atoms with Crippen LogP contribution in [0.4, 0.5) is 0 Å². The van der Waals surface area contributed by atoms with E-state index in [1.165, 1.54) is 5.56 Å². The number of aryl methyl sites for hydroxylation is 1. The second-order valence-corrected chi connectivity index (χ2v) is 8.17. The zero-order chi connectivity index (χ0) is 22.6.